The van der Waals surface area contributed by atoms with Gasteiger partial charge in [0.25, 0.3) is 0 Å². The number of halogens is 4. The van der Waals surface area contributed by atoms with E-state index in [9.17, 15) is 27.2 Å². The summed E-state index contributed by atoms with van der Waals surface area (Å²) < 4.78 is 61.1. The SMILES string of the molecule is COc1cc(CCC(=O)[C@@H](CC2CCCCC2)N=C(N)NC(=O)CCc2ccc(OC)c(OC)c2)ccc1F.O=C(O)C(F)(F)F. The first-order chi connectivity index (χ1) is 21.8. The third-order valence-electron chi connectivity index (χ3n) is 7.42. The van der Waals surface area contributed by atoms with Gasteiger partial charge in [-0.05, 0) is 60.6 Å². The van der Waals surface area contributed by atoms with Crippen molar-refractivity contribution >= 4 is 23.6 Å². The number of ketones is 1. The lowest BCUT2D eigenvalue weighted by molar-refractivity contribution is -0.192. The number of nitrogens with one attached hydrogen (secondary N) is 1. The van der Waals surface area contributed by atoms with Crippen LogP contribution in [0.15, 0.2) is 41.4 Å². The van der Waals surface area contributed by atoms with Crippen LogP contribution in [0.3, 0.4) is 0 Å². The zero-order valence-corrected chi connectivity index (χ0v) is 26.1. The highest BCUT2D eigenvalue weighted by molar-refractivity contribution is 5.97. The number of guanidine groups is 1. The Morgan fingerprint density at radius 1 is 0.913 bits per heavy atom. The summed E-state index contributed by atoms with van der Waals surface area (Å²) in [5, 5.41) is 9.77. The maximum absolute atomic E-state index is 13.8. The zero-order chi connectivity index (χ0) is 34.3. The van der Waals surface area contributed by atoms with E-state index < -0.39 is 24.0 Å². The summed E-state index contributed by atoms with van der Waals surface area (Å²) in [7, 11) is 4.54. The number of carboxylic acids is 1. The summed E-state index contributed by atoms with van der Waals surface area (Å²) in [5.74, 6) is -1.82. The first kappa shape index (κ1) is 37.8. The summed E-state index contributed by atoms with van der Waals surface area (Å²) in [6.07, 6.45) is 2.49. The molecule has 1 aliphatic rings. The summed E-state index contributed by atoms with van der Waals surface area (Å²) in [5.41, 5.74) is 7.83. The van der Waals surface area contributed by atoms with Crippen molar-refractivity contribution in [2.24, 2.45) is 16.6 Å². The minimum atomic E-state index is -5.08. The van der Waals surface area contributed by atoms with Crippen molar-refractivity contribution in [3.8, 4) is 17.2 Å². The van der Waals surface area contributed by atoms with E-state index in [1.807, 2.05) is 12.1 Å². The third kappa shape index (κ3) is 12.9. The Labute approximate surface area is 265 Å². The first-order valence-corrected chi connectivity index (χ1v) is 14.8. The molecule has 0 radical (unpaired) electrons. The van der Waals surface area contributed by atoms with Gasteiger partial charge >= 0.3 is 12.1 Å². The van der Waals surface area contributed by atoms with Gasteiger partial charge in [0.1, 0.15) is 6.04 Å². The molecule has 1 amide bonds. The van der Waals surface area contributed by atoms with Gasteiger partial charge < -0.3 is 25.1 Å². The molecule has 14 heteroatoms. The number of hydrogen-bond donors (Lipinski definition) is 3. The number of carbonyl (C=O) groups is 3. The van der Waals surface area contributed by atoms with Crippen LogP contribution < -0.4 is 25.3 Å². The number of carboxylic acid groups (broad SMARTS) is 1. The number of rotatable bonds is 13. The van der Waals surface area contributed by atoms with Crippen molar-refractivity contribution in [3.05, 3.63) is 53.3 Å². The highest BCUT2D eigenvalue weighted by Gasteiger charge is 2.38. The number of nitrogens with zero attached hydrogens (tertiary/aromatic N) is 1. The molecule has 1 fully saturated rings. The molecule has 46 heavy (non-hydrogen) atoms. The van der Waals surface area contributed by atoms with Crippen LogP contribution in [-0.4, -0.2) is 62.3 Å². The maximum Gasteiger partial charge on any atom is 0.490 e. The lowest BCUT2D eigenvalue weighted by Gasteiger charge is -2.24. The van der Waals surface area contributed by atoms with Gasteiger partial charge in [-0.1, -0.05) is 44.2 Å². The highest BCUT2D eigenvalue weighted by atomic mass is 19.4. The minimum Gasteiger partial charge on any atom is -0.494 e. The smallest absolute Gasteiger partial charge is 0.490 e. The minimum absolute atomic E-state index is 0.0496. The summed E-state index contributed by atoms with van der Waals surface area (Å²) in [6.45, 7) is 0. The Balaban J connectivity index is 0.000000942. The first-order valence-electron chi connectivity index (χ1n) is 14.8. The van der Waals surface area contributed by atoms with E-state index >= 15 is 0 Å². The van der Waals surface area contributed by atoms with Crippen molar-refractivity contribution in [1.82, 2.24) is 5.32 Å². The molecule has 1 aliphatic carbocycles. The molecular formula is C32H41F4N3O7. The third-order valence-corrected chi connectivity index (χ3v) is 7.42. The van der Waals surface area contributed by atoms with E-state index in [4.69, 9.17) is 29.8 Å². The van der Waals surface area contributed by atoms with Gasteiger partial charge in [-0.15, -0.1) is 0 Å². The molecule has 4 N–H and O–H groups in total. The second-order valence-corrected chi connectivity index (χ2v) is 10.7. The fourth-order valence-electron chi connectivity index (χ4n) is 4.99. The van der Waals surface area contributed by atoms with Crippen molar-refractivity contribution in [1.29, 1.82) is 0 Å². The number of aliphatic carboxylic acids is 1. The van der Waals surface area contributed by atoms with E-state index in [1.165, 1.54) is 19.6 Å². The number of aryl methyl sites for hydroxylation is 2. The number of aliphatic imine (C=N–C) groups is 1. The average molecular weight is 656 g/mol. The molecule has 0 bridgehead atoms. The lowest BCUT2D eigenvalue weighted by Crippen LogP contribution is -2.39. The summed E-state index contributed by atoms with van der Waals surface area (Å²) in [4.78, 5) is 39.2. The van der Waals surface area contributed by atoms with Crippen LogP contribution in [0.25, 0.3) is 0 Å². The van der Waals surface area contributed by atoms with Gasteiger partial charge in [-0.2, -0.15) is 13.2 Å². The van der Waals surface area contributed by atoms with Crippen molar-refractivity contribution in [2.45, 2.75) is 76.4 Å². The number of benzene rings is 2. The van der Waals surface area contributed by atoms with Crippen LogP contribution in [-0.2, 0) is 27.2 Å². The van der Waals surface area contributed by atoms with E-state index in [-0.39, 0.29) is 36.2 Å². The molecule has 254 valence electrons. The second-order valence-electron chi connectivity index (χ2n) is 10.7. The number of hydrogen-bond acceptors (Lipinski definition) is 7. The zero-order valence-electron chi connectivity index (χ0n) is 26.1. The van der Waals surface area contributed by atoms with Crippen molar-refractivity contribution < 1.29 is 51.3 Å². The molecule has 3 rings (SSSR count). The van der Waals surface area contributed by atoms with Crippen molar-refractivity contribution in [3.63, 3.8) is 0 Å². The topological polar surface area (TPSA) is 150 Å². The molecule has 2 aromatic rings. The molecule has 1 atom stereocenters. The molecule has 1 saturated carbocycles. The molecule has 0 spiro atoms. The van der Waals surface area contributed by atoms with Gasteiger partial charge in [0.15, 0.2) is 34.8 Å². The molecule has 2 aromatic carbocycles. The molecule has 0 heterocycles. The Morgan fingerprint density at radius 2 is 1.46 bits per heavy atom. The van der Waals surface area contributed by atoms with E-state index in [2.05, 4.69) is 10.3 Å². The Hall–Kier alpha value is -4.36. The number of nitrogens with two attached hydrogens (primary N) is 1. The fraction of sp³-hybridized carbons (Fsp3) is 0.500. The van der Waals surface area contributed by atoms with Crippen LogP contribution in [0.5, 0.6) is 17.2 Å². The standard InChI is InChI=1S/C30H40FN3O5.C2HF3O2/c1-37-26-15-11-22(19-28(26)39-3)12-16-29(36)34-30(32)33-24(17-20-7-5-4-6-8-20)25(35)14-10-21-9-13-23(31)27(18-21)38-2;3-2(4,5)1(6)7/h9,11,13,15,18-20,24H,4-8,10,12,14,16-17H2,1-3H3,(H3,32,33,34,36);(H,6,7)/t24-;/m1./s1. The predicted octanol–water partition coefficient (Wildman–Crippen LogP) is 5.39. The molecule has 0 saturated heterocycles. The quantitative estimate of drug-likeness (QED) is 0.148. The second kappa shape index (κ2) is 18.6. The molecule has 0 aromatic heterocycles. The Bertz CT molecular complexity index is 1350. The molecule has 0 aliphatic heterocycles. The average Bonchev–Trinajstić information content (AvgIpc) is 3.03. The van der Waals surface area contributed by atoms with Crippen LogP contribution in [0.1, 0.15) is 62.5 Å². The maximum atomic E-state index is 13.8. The van der Waals surface area contributed by atoms with Gasteiger partial charge in [-0.3, -0.25) is 14.9 Å². The number of carbonyl (C=O) groups excluding carboxylic acids is 2. The Morgan fingerprint density at radius 3 is 2.02 bits per heavy atom. The summed E-state index contributed by atoms with van der Waals surface area (Å²) in [6, 6.07) is 9.46. The van der Waals surface area contributed by atoms with E-state index in [1.54, 1.807) is 32.4 Å². The van der Waals surface area contributed by atoms with Crippen molar-refractivity contribution in [2.75, 3.05) is 21.3 Å². The normalized spacial score (nSPS) is 14.4. The van der Waals surface area contributed by atoms with Gasteiger partial charge in [-0.25, -0.2) is 14.2 Å². The van der Waals surface area contributed by atoms with E-state index in [0.717, 1.165) is 36.8 Å². The Kier molecular flexibility index (Phi) is 15.3. The van der Waals surface area contributed by atoms with Crippen LogP contribution in [0.4, 0.5) is 17.6 Å². The number of ether oxygens (including phenoxy) is 3. The number of amides is 1. The summed E-state index contributed by atoms with van der Waals surface area (Å²) >= 11 is 0. The monoisotopic (exact) mass is 655 g/mol. The van der Waals surface area contributed by atoms with Gasteiger partial charge in [0.2, 0.25) is 5.91 Å². The lowest BCUT2D eigenvalue weighted by atomic mass is 9.83. The predicted molar refractivity (Wildman–Crippen MR) is 163 cm³/mol. The number of alkyl halides is 3. The number of methoxy groups -OCH3 is 3. The number of Topliss-reactive ketones (excluding diaryl/α,β-unsaturated/α-hetero) is 1. The molecule has 10 nitrogen and oxygen atoms in total. The van der Waals surface area contributed by atoms with Gasteiger partial charge in [0, 0.05) is 12.8 Å². The fourth-order valence-corrected chi connectivity index (χ4v) is 4.99. The van der Waals surface area contributed by atoms with Crippen LogP contribution in [0, 0.1) is 11.7 Å². The van der Waals surface area contributed by atoms with Crippen LogP contribution >= 0.6 is 0 Å². The van der Waals surface area contributed by atoms with E-state index in [0.29, 0.717) is 36.7 Å². The largest absolute Gasteiger partial charge is 0.494 e. The van der Waals surface area contributed by atoms with Gasteiger partial charge in [0.05, 0.1) is 21.3 Å². The van der Waals surface area contributed by atoms with Crippen LogP contribution in [0.2, 0.25) is 0 Å². The highest BCUT2D eigenvalue weighted by Crippen LogP contribution is 2.30. The molecule has 0 unspecified atom stereocenters. The molecular weight excluding hydrogens is 614 g/mol.